The molecule has 1 atom stereocenters. The third kappa shape index (κ3) is 4.29. The van der Waals surface area contributed by atoms with Crippen molar-refractivity contribution in [3.63, 3.8) is 0 Å². The Bertz CT molecular complexity index is 715. The Morgan fingerprint density at radius 2 is 2.28 bits per heavy atom. The molecule has 0 spiro atoms. The minimum Gasteiger partial charge on any atom is -0.465 e. The summed E-state index contributed by atoms with van der Waals surface area (Å²) in [5.74, 6) is 0.440. The monoisotopic (exact) mass is 347 g/mol. The standard InChI is InChI=1S/C18H25N3O4/c1-3-25-18-19-15-5-4-14(10-16(15)20-18)17(22)21-7-6-13(11-21)12-24-9-8-23-2/h4-5,10,13H,3,6-9,11-12H2,1-2H3,(H,19,20)/t13-/m1/s1. The van der Waals surface area contributed by atoms with Crippen LogP contribution >= 0.6 is 0 Å². The largest absolute Gasteiger partial charge is 0.465 e. The van der Waals surface area contributed by atoms with Crippen molar-refractivity contribution in [1.82, 2.24) is 14.9 Å². The number of carbonyl (C=O) groups is 1. The lowest BCUT2D eigenvalue weighted by molar-refractivity contribution is 0.0515. The van der Waals surface area contributed by atoms with E-state index in [1.807, 2.05) is 30.0 Å². The van der Waals surface area contributed by atoms with E-state index in [-0.39, 0.29) is 5.91 Å². The fraction of sp³-hybridized carbons (Fsp3) is 0.556. The molecule has 1 saturated heterocycles. The number of hydrogen-bond donors (Lipinski definition) is 1. The highest BCUT2D eigenvalue weighted by Gasteiger charge is 2.27. The van der Waals surface area contributed by atoms with Crippen molar-refractivity contribution in [2.75, 3.05) is 46.6 Å². The highest BCUT2D eigenvalue weighted by atomic mass is 16.5. The SMILES string of the molecule is CCOc1nc2ccc(C(=O)N3CC[C@@H](COCCOC)C3)cc2[nH]1. The van der Waals surface area contributed by atoms with E-state index in [9.17, 15) is 4.79 Å². The molecule has 0 bridgehead atoms. The van der Waals surface area contributed by atoms with Gasteiger partial charge in [-0.25, -0.2) is 0 Å². The number of amides is 1. The number of fused-ring (bicyclic) bond motifs is 1. The maximum absolute atomic E-state index is 12.7. The van der Waals surface area contributed by atoms with Gasteiger partial charge >= 0.3 is 0 Å². The van der Waals surface area contributed by atoms with Crippen molar-refractivity contribution in [2.24, 2.45) is 5.92 Å². The number of imidazole rings is 1. The van der Waals surface area contributed by atoms with Gasteiger partial charge in [-0.05, 0) is 31.5 Å². The third-order valence-electron chi connectivity index (χ3n) is 4.35. The van der Waals surface area contributed by atoms with Crippen molar-refractivity contribution < 1.29 is 19.0 Å². The first kappa shape index (κ1) is 17.7. The van der Waals surface area contributed by atoms with E-state index >= 15 is 0 Å². The molecule has 2 aromatic rings. The minimum atomic E-state index is 0.0499. The van der Waals surface area contributed by atoms with Gasteiger partial charge in [-0.2, -0.15) is 4.98 Å². The number of aromatic amines is 1. The smallest absolute Gasteiger partial charge is 0.294 e. The first-order valence-corrected chi connectivity index (χ1v) is 8.69. The number of likely N-dealkylation sites (tertiary alicyclic amines) is 1. The molecule has 2 heterocycles. The van der Waals surface area contributed by atoms with E-state index in [4.69, 9.17) is 14.2 Å². The summed E-state index contributed by atoms with van der Waals surface area (Å²) in [4.78, 5) is 22.1. The molecule has 25 heavy (non-hydrogen) atoms. The molecule has 1 N–H and O–H groups in total. The van der Waals surface area contributed by atoms with Crippen LogP contribution in [0.5, 0.6) is 6.01 Å². The predicted molar refractivity (Wildman–Crippen MR) is 94.0 cm³/mol. The zero-order valence-electron chi connectivity index (χ0n) is 14.8. The molecule has 1 amide bonds. The van der Waals surface area contributed by atoms with Crippen LogP contribution in [0.15, 0.2) is 18.2 Å². The predicted octanol–water partition coefficient (Wildman–Crippen LogP) is 2.09. The van der Waals surface area contributed by atoms with Crippen LogP contribution in [0.2, 0.25) is 0 Å². The zero-order chi connectivity index (χ0) is 17.6. The Hall–Kier alpha value is -2.12. The van der Waals surface area contributed by atoms with E-state index in [1.165, 1.54) is 0 Å². The van der Waals surface area contributed by atoms with Gasteiger partial charge in [-0.1, -0.05) is 0 Å². The molecular formula is C18H25N3O4. The number of nitrogens with one attached hydrogen (secondary N) is 1. The number of aromatic nitrogens is 2. The second kappa shape index (κ2) is 8.31. The van der Waals surface area contributed by atoms with Crippen LogP contribution in [-0.4, -0.2) is 67.4 Å². The van der Waals surface area contributed by atoms with Crippen molar-refractivity contribution in [3.05, 3.63) is 23.8 Å². The summed E-state index contributed by atoms with van der Waals surface area (Å²) in [5.41, 5.74) is 2.28. The highest BCUT2D eigenvalue weighted by Crippen LogP contribution is 2.22. The fourth-order valence-electron chi connectivity index (χ4n) is 3.05. The number of H-pyrrole nitrogens is 1. The Kier molecular flexibility index (Phi) is 5.88. The van der Waals surface area contributed by atoms with E-state index in [2.05, 4.69) is 9.97 Å². The molecule has 0 unspecified atom stereocenters. The van der Waals surface area contributed by atoms with Crippen LogP contribution < -0.4 is 4.74 Å². The second-order valence-electron chi connectivity index (χ2n) is 6.18. The Labute approximate surface area is 147 Å². The van der Waals surface area contributed by atoms with Crippen LogP contribution in [-0.2, 0) is 9.47 Å². The molecule has 0 saturated carbocycles. The molecule has 1 aromatic carbocycles. The van der Waals surface area contributed by atoms with E-state index in [0.29, 0.717) is 43.9 Å². The molecule has 7 nitrogen and oxygen atoms in total. The van der Waals surface area contributed by atoms with Gasteiger partial charge in [0, 0.05) is 31.7 Å². The molecule has 0 aliphatic carbocycles. The van der Waals surface area contributed by atoms with Gasteiger partial charge in [0.15, 0.2) is 0 Å². The summed E-state index contributed by atoms with van der Waals surface area (Å²) in [6.07, 6.45) is 0.972. The number of benzene rings is 1. The Morgan fingerprint density at radius 1 is 1.40 bits per heavy atom. The molecule has 7 heteroatoms. The highest BCUT2D eigenvalue weighted by molar-refractivity contribution is 5.97. The van der Waals surface area contributed by atoms with Crippen molar-refractivity contribution in [2.45, 2.75) is 13.3 Å². The molecule has 1 aliphatic heterocycles. The number of carbonyl (C=O) groups excluding carboxylic acids is 1. The average Bonchev–Trinajstić information content (AvgIpc) is 3.24. The van der Waals surface area contributed by atoms with Gasteiger partial charge in [0.2, 0.25) is 0 Å². The molecule has 0 radical (unpaired) electrons. The molecule has 1 aliphatic rings. The molecule has 136 valence electrons. The molecular weight excluding hydrogens is 322 g/mol. The van der Waals surface area contributed by atoms with Crippen LogP contribution in [0.1, 0.15) is 23.7 Å². The molecule has 3 rings (SSSR count). The average molecular weight is 347 g/mol. The summed E-state index contributed by atoms with van der Waals surface area (Å²) in [5, 5.41) is 0. The second-order valence-corrected chi connectivity index (χ2v) is 6.18. The number of ether oxygens (including phenoxy) is 3. The number of methoxy groups -OCH3 is 1. The van der Waals surface area contributed by atoms with Crippen LogP contribution in [0.4, 0.5) is 0 Å². The van der Waals surface area contributed by atoms with Gasteiger partial charge in [0.05, 0.1) is 37.5 Å². The first-order chi connectivity index (χ1) is 12.2. The maximum atomic E-state index is 12.7. The number of nitrogens with zero attached hydrogens (tertiary/aromatic N) is 2. The summed E-state index contributed by atoms with van der Waals surface area (Å²) >= 11 is 0. The fourth-order valence-corrected chi connectivity index (χ4v) is 3.05. The summed E-state index contributed by atoms with van der Waals surface area (Å²) in [7, 11) is 1.66. The maximum Gasteiger partial charge on any atom is 0.294 e. The van der Waals surface area contributed by atoms with Gasteiger partial charge in [-0.15, -0.1) is 0 Å². The van der Waals surface area contributed by atoms with Crippen LogP contribution in [0.3, 0.4) is 0 Å². The zero-order valence-corrected chi connectivity index (χ0v) is 14.8. The van der Waals surface area contributed by atoms with E-state index < -0.39 is 0 Å². The van der Waals surface area contributed by atoms with Gasteiger partial charge < -0.3 is 24.1 Å². The Morgan fingerprint density at radius 3 is 3.08 bits per heavy atom. The number of hydrogen-bond acceptors (Lipinski definition) is 5. The van der Waals surface area contributed by atoms with Gasteiger partial charge in [0.1, 0.15) is 0 Å². The lowest BCUT2D eigenvalue weighted by Gasteiger charge is -2.16. The third-order valence-corrected chi connectivity index (χ3v) is 4.35. The van der Waals surface area contributed by atoms with Gasteiger partial charge in [-0.3, -0.25) is 4.79 Å². The summed E-state index contributed by atoms with van der Waals surface area (Å²) < 4.78 is 15.9. The molecule has 1 aromatic heterocycles. The summed E-state index contributed by atoms with van der Waals surface area (Å²) in [6, 6.07) is 6.00. The van der Waals surface area contributed by atoms with Crippen molar-refractivity contribution in [1.29, 1.82) is 0 Å². The lowest BCUT2D eigenvalue weighted by atomic mass is 10.1. The number of rotatable bonds is 8. The normalized spacial score (nSPS) is 17.4. The van der Waals surface area contributed by atoms with Gasteiger partial charge in [0.25, 0.3) is 11.9 Å². The quantitative estimate of drug-likeness (QED) is 0.740. The summed E-state index contributed by atoms with van der Waals surface area (Å²) in [6.45, 7) is 5.82. The lowest BCUT2D eigenvalue weighted by Crippen LogP contribution is -2.29. The van der Waals surface area contributed by atoms with E-state index in [0.717, 1.165) is 30.5 Å². The molecule has 1 fully saturated rings. The van der Waals surface area contributed by atoms with Crippen molar-refractivity contribution >= 4 is 16.9 Å². The minimum absolute atomic E-state index is 0.0499. The van der Waals surface area contributed by atoms with Crippen molar-refractivity contribution in [3.8, 4) is 6.01 Å². The topological polar surface area (TPSA) is 76.7 Å². The van der Waals surface area contributed by atoms with E-state index in [1.54, 1.807) is 7.11 Å². The van der Waals surface area contributed by atoms with Crippen LogP contribution in [0.25, 0.3) is 11.0 Å². The first-order valence-electron chi connectivity index (χ1n) is 8.69. The van der Waals surface area contributed by atoms with Crippen LogP contribution in [0, 0.1) is 5.92 Å². The Balaban J connectivity index is 1.60.